The zero-order valence-corrected chi connectivity index (χ0v) is 12.2. The van der Waals surface area contributed by atoms with E-state index in [0.717, 1.165) is 23.3 Å². The van der Waals surface area contributed by atoms with Crippen molar-refractivity contribution in [2.24, 2.45) is 0 Å². The van der Waals surface area contributed by atoms with E-state index in [1.54, 1.807) is 6.92 Å². The molecule has 0 aromatic carbocycles. The molecule has 0 radical (unpaired) electrons. The van der Waals surface area contributed by atoms with Crippen LogP contribution in [0, 0.1) is 0 Å². The Labute approximate surface area is 120 Å². The molecule has 0 aliphatic carbocycles. The molecule has 2 N–H and O–H groups in total. The summed E-state index contributed by atoms with van der Waals surface area (Å²) in [5, 5.41) is 5.43. The number of thiophene rings is 1. The first-order valence-corrected chi connectivity index (χ1v) is 7.24. The van der Waals surface area contributed by atoms with Crippen LogP contribution in [-0.4, -0.2) is 30.9 Å². The molecule has 0 spiro atoms. The van der Waals surface area contributed by atoms with Gasteiger partial charge in [0.2, 0.25) is 5.91 Å². The van der Waals surface area contributed by atoms with E-state index >= 15 is 0 Å². The van der Waals surface area contributed by atoms with Gasteiger partial charge in [0.25, 0.3) is 5.91 Å². The first-order chi connectivity index (χ1) is 9.54. The van der Waals surface area contributed by atoms with E-state index in [4.69, 9.17) is 4.74 Å². The molecule has 2 amide bonds. The van der Waals surface area contributed by atoms with Crippen molar-refractivity contribution in [3.05, 3.63) is 15.3 Å². The largest absolute Gasteiger partial charge is 0.462 e. The maximum atomic E-state index is 12.0. The number of fused-ring (bicyclic) bond motifs is 1. The highest BCUT2D eigenvalue weighted by atomic mass is 32.1. The van der Waals surface area contributed by atoms with Crippen molar-refractivity contribution < 1.29 is 19.1 Å². The second kappa shape index (κ2) is 6.04. The molecule has 2 rings (SSSR count). The Hall–Kier alpha value is -1.89. The molecule has 0 atom stereocenters. The zero-order valence-electron chi connectivity index (χ0n) is 11.4. The third-order valence-electron chi connectivity index (χ3n) is 2.86. The smallest absolute Gasteiger partial charge is 0.350 e. The summed E-state index contributed by atoms with van der Waals surface area (Å²) in [6, 6.07) is 0. The molecule has 6 nitrogen and oxygen atoms in total. The number of anilines is 1. The Morgan fingerprint density at radius 3 is 2.85 bits per heavy atom. The third kappa shape index (κ3) is 2.82. The maximum absolute atomic E-state index is 12.0. The molecule has 2 heterocycles. The lowest BCUT2D eigenvalue weighted by atomic mass is 10.1. The zero-order chi connectivity index (χ0) is 14.7. The van der Waals surface area contributed by atoms with E-state index in [9.17, 15) is 14.4 Å². The molecular weight excluding hydrogens is 280 g/mol. The molecular formula is C13H16N2O4S. The van der Waals surface area contributed by atoms with Crippen LogP contribution in [0.1, 0.15) is 45.2 Å². The third-order valence-corrected chi connectivity index (χ3v) is 4.08. The van der Waals surface area contributed by atoms with Crippen molar-refractivity contribution in [3.8, 4) is 0 Å². The van der Waals surface area contributed by atoms with E-state index in [0.29, 0.717) is 23.5 Å². The fraction of sp³-hybridized carbons (Fsp3) is 0.462. The molecule has 0 saturated carbocycles. The molecule has 1 aliphatic rings. The van der Waals surface area contributed by atoms with E-state index in [-0.39, 0.29) is 23.3 Å². The van der Waals surface area contributed by atoms with Crippen molar-refractivity contribution in [1.82, 2.24) is 5.32 Å². The molecule has 0 bridgehead atoms. The quantitative estimate of drug-likeness (QED) is 0.829. The van der Waals surface area contributed by atoms with Gasteiger partial charge in [-0.15, -0.1) is 11.3 Å². The van der Waals surface area contributed by atoms with Crippen LogP contribution in [-0.2, 0) is 16.0 Å². The van der Waals surface area contributed by atoms with Gasteiger partial charge in [0, 0.05) is 19.0 Å². The number of nitrogens with one attached hydrogen (secondary N) is 2. The Bertz CT molecular complexity index is 565. The average molecular weight is 296 g/mol. The lowest BCUT2D eigenvalue weighted by molar-refractivity contribution is -0.114. The highest BCUT2D eigenvalue weighted by Crippen LogP contribution is 2.36. The van der Waals surface area contributed by atoms with E-state index in [2.05, 4.69) is 10.6 Å². The van der Waals surface area contributed by atoms with Gasteiger partial charge in [0.05, 0.1) is 17.2 Å². The van der Waals surface area contributed by atoms with Gasteiger partial charge in [0.1, 0.15) is 4.88 Å². The summed E-state index contributed by atoms with van der Waals surface area (Å²) >= 11 is 1.07. The van der Waals surface area contributed by atoms with Crippen molar-refractivity contribution >= 4 is 34.8 Å². The number of rotatable bonds is 3. The van der Waals surface area contributed by atoms with Crippen LogP contribution in [0.2, 0.25) is 0 Å². The molecule has 108 valence electrons. The van der Waals surface area contributed by atoms with Gasteiger partial charge in [-0.25, -0.2) is 4.79 Å². The van der Waals surface area contributed by atoms with Gasteiger partial charge < -0.3 is 15.4 Å². The van der Waals surface area contributed by atoms with Crippen LogP contribution in [0.5, 0.6) is 0 Å². The highest BCUT2D eigenvalue weighted by molar-refractivity contribution is 7.16. The molecule has 0 unspecified atom stereocenters. The minimum atomic E-state index is -0.512. The lowest BCUT2D eigenvalue weighted by Gasteiger charge is -2.07. The number of esters is 1. The van der Waals surface area contributed by atoms with Gasteiger partial charge in [-0.3, -0.25) is 9.59 Å². The molecule has 1 aromatic rings. The van der Waals surface area contributed by atoms with Crippen LogP contribution >= 0.6 is 11.3 Å². The monoisotopic (exact) mass is 296 g/mol. The van der Waals surface area contributed by atoms with Crippen LogP contribution in [0.25, 0.3) is 0 Å². The SMILES string of the molecule is CCOC(=O)c1sc2c(c1NC(C)=O)CCCNC2=O. The second-order valence-corrected chi connectivity index (χ2v) is 5.40. The van der Waals surface area contributed by atoms with Crippen molar-refractivity contribution in [2.45, 2.75) is 26.7 Å². The summed E-state index contributed by atoms with van der Waals surface area (Å²) in [4.78, 5) is 36.0. The first kappa shape index (κ1) is 14.5. The van der Waals surface area contributed by atoms with Gasteiger partial charge >= 0.3 is 5.97 Å². The molecule has 0 fully saturated rings. The number of amides is 2. The highest BCUT2D eigenvalue weighted by Gasteiger charge is 2.28. The molecule has 0 saturated heterocycles. The Morgan fingerprint density at radius 2 is 2.20 bits per heavy atom. The predicted molar refractivity (Wildman–Crippen MR) is 75.2 cm³/mol. The van der Waals surface area contributed by atoms with Gasteiger partial charge in [0.15, 0.2) is 0 Å². The Morgan fingerprint density at radius 1 is 1.45 bits per heavy atom. The van der Waals surface area contributed by atoms with Crippen molar-refractivity contribution in [3.63, 3.8) is 0 Å². The van der Waals surface area contributed by atoms with E-state index in [1.165, 1.54) is 6.92 Å². The van der Waals surface area contributed by atoms with Crippen LogP contribution in [0.3, 0.4) is 0 Å². The van der Waals surface area contributed by atoms with E-state index in [1.807, 2.05) is 0 Å². The Kier molecular flexibility index (Phi) is 4.39. The maximum Gasteiger partial charge on any atom is 0.350 e. The van der Waals surface area contributed by atoms with Gasteiger partial charge in [-0.05, 0) is 19.8 Å². The summed E-state index contributed by atoms with van der Waals surface area (Å²) in [6.45, 7) is 3.92. The summed E-state index contributed by atoms with van der Waals surface area (Å²) in [6.07, 6.45) is 1.41. The fourth-order valence-electron chi connectivity index (χ4n) is 2.08. The van der Waals surface area contributed by atoms with Crippen LogP contribution < -0.4 is 10.6 Å². The van der Waals surface area contributed by atoms with Crippen molar-refractivity contribution in [1.29, 1.82) is 0 Å². The molecule has 7 heteroatoms. The topological polar surface area (TPSA) is 84.5 Å². The number of carbonyl (C=O) groups is 3. The Balaban J connectivity index is 2.50. The molecule has 1 aromatic heterocycles. The minimum absolute atomic E-state index is 0.204. The fourth-order valence-corrected chi connectivity index (χ4v) is 3.20. The summed E-state index contributed by atoms with van der Waals surface area (Å²) < 4.78 is 4.98. The van der Waals surface area contributed by atoms with Gasteiger partial charge in [-0.1, -0.05) is 0 Å². The van der Waals surface area contributed by atoms with Gasteiger partial charge in [-0.2, -0.15) is 0 Å². The van der Waals surface area contributed by atoms with Crippen LogP contribution in [0.4, 0.5) is 5.69 Å². The van der Waals surface area contributed by atoms with Crippen LogP contribution in [0.15, 0.2) is 0 Å². The second-order valence-electron chi connectivity index (χ2n) is 4.37. The standard InChI is InChI=1S/C13H16N2O4S/c1-3-19-13(18)11-9(15-7(2)16)8-5-4-6-14-12(17)10(8)20-11/h3-6H2,1-2H3,(H,14,17)(H,15,16). The number of ether oxygens (including phenoxy) is 1. The summed E-state index contributed by atoms with van der Waals surface area (Å²) in [5.41, 5.74) is 1.15. The number of hydrogen-bond acceptors (Lipinski definition) is 5. The summed E-state index contributed by atoms with van der Waals surface area (Å²) in [7, 11) is 0. The number of hydrogen-bond donors (Lipinski definition) is 2. The molecule has 1 aliphatic heterocycles. The normalized spacial score (nSPS) is 14.0. The lowest BCUT2D eigenvalue weighted by Crippen LogP contribution is -2.21. The van der Waals surface area contributed by atoms with Crippen molar-refractivity contribution in [2.75, 3.05) is 18.5 Å². The van der Waals surface area contributed by atoms with E-state index < -0.39 is 5.97 Å². The average Bonchev–Trinajstić information content (AvgIpc) is 2.62. The predicted octanol–water partition coefficient (Wildman–Crippen LogP) is 1.56. The summed E-state index contributed by atoms with van der Waals surface area (Å²) in [5.74, 6) is -0.993. The first-order valence-electron chi connectivity index (χ1n) is 6.43. The number of carbonyl (C=O) groups excluding carboxylic acids is 3. The minimum Gasteiger partial charge on any atom is -0.462 e. The molecule has 20 heavy (non-hydrogen) atoms.